The lowest BCUT2D eigenvalue weighted by molar-refractivity contribution is -0.122. The number of aryl methyl sites for hydroxylation is 2. The summed E-state index contributed by atoms with van der Waals surface area (Å²) >= 11 is 0. The molecule has 1 N–H and O–H groups in total. The van der Waals surface area contributed by atoms with Crippen LogP contribution in [-0.4, -0.2) is 19.1 Å². The van der Waals surface area contributed by atoms with Gasteiger partial charge < -0.3 is 14.8 Å². The SMILES string of the molecule is CCc1ccc(OC(C)C(=O)Nc2cc(C)ccc2OC)cc1. The molecule has 1 atom stereocenters. The van der Waals surface area contributed by atoms with Crippen LogP contribution in [0.3, 0.4) is 0 Å². The van der Waals surface area contributed by atoms with Crippen molar-refractivity contribution in [3.05, 3.63) is 53.6 Å². The smallest absolute Gasteiger partial charge is 0.265 e. The molecule has 0 radical (unpaired) electrons. The molecule has 2 aromatic carbocycles. The zero-order chi connectivity index (χ0) is 16.8. The third-order valence-electron chi connectivity index (χ3n) is 3.63. The lowest BCUT2D eigenvalue weighted by Gasteiger charge is -2.16. The summed E-state index contributed by atoms with van der Waals surface area (Å²) in [5.74, 6) is 1.10. The third-order valence-corrected chi connectivity index (χ3v) is 3.63. The molecule has 0 aliphatic rings. The van der Waals surface area contributed by atoms with Gasteiger partial charge in [0.05, 0.1) is 12.8 Å². The molecule has 2 aromatic rings. The van der Waals surface area contributed by atoms with Crippen LogP contribution in [0.4, 0.5) is 5.69 Å². The van der Waals surface area contributed by atoms with Crippen LogP contribution < -0.4 is 14.8 Å². The highest BCUT2D eigenvalue weighted by Crippen LogP contribution is 2.25. The Kier molecular flexibility index (Phi) is 5.63. The Hall–Kier alpha value is -2.49. The summed E-state index contributed by atoms with van der Waals surface area (Å²) in [5.41, 5.74) is 2.93. The summed E-state index contributed by atoms with van der Waals surface area (Å²) in [6.45, 7) is 5.79. The van der Waals surface area contributed by atoms with Crippen molar-refractivity contribution in [1.82, 2.24) is 0 Å². The molecule has 1 unspecified atom stereocenters. The molecule has 1 amide bonds. The first-order valence-electron chi connectivity index (χ1n) is 7.74. The Balaban J connectivity index is 2.03. The topological polar surface area (TPSA) is 47.6 Å². The molecule has 0 saturated carbocycles. The Labute approximate surface area is 137 Å². The maximum Gasteiger partial charge on any atom is 0.265 e. The van der Waals surface area contributed by atoms with Gasteiger partial charge in [0.15, 0.2) is 6.10 Å². The van der Waals surface area contributed by atoms with Crippen LogP contribution in [0.1, 0.15) is 25.0 Å². The first kappa shape index (κ1) is 16.9. The van der Waals surface area contributed by atoms with Gasteiger partial charge in [-0.15, -0.1) is 0 Å². The molecular weight excluding hydrogens is 290 g/mol. The Bertz CT molecular complexity index is 665. The van der Waals surface area contributed by atoms with E-state index in [0.717, 1.165) is 12.0 Å². The fourth-order valence-corrected chi connectivity index (χ4v) is 2.22. The molecule has 122 valence electrons. The molecule has 4 heteroatoms. The number of rotatable bonds is 6. The average Bonchev–Trinajstić information content (AvgIpc) is 2.55. The maximum atomic E-state index is 12.3. The van der Waals surface area contributed by atoms with Crippen molar-refractivity contribution in [2.45, 2.75) is 33.3 Å². The number of benzene rings is 2. The van der Waals surface area contributed by atoms with Gasteiger partial charge in [0, 0.05) is 0 Å². The van der Waals surface area contributed by atoms with Gasteiger partial charge in [0.1, 0.15) is 11.5 Å². The molecule has 0 heterocycles. The second kappa shape index (κ2) is 7.68. The fourth-order valence-electron chi connectivity index (χ4n) is 2.22. The number of carbonyl (C=O) groups excluding carboxylic acids is 1. The van der Waals surface area contributed by atoms with Gasteiger partial charge in [0.25, 0.3) is 5.91 Å². The van der Waals surface area contributed by atoms with Gasteiger partial charge in [-0.2, -0.15) is 0 Å². The molecule has 2 rings (SSSR count). The summed E-state index contributed by atoms with van der Waals surface area (Å²) in [5, 5.41) is 2.86. The largest absolute Gasteiger partial charge is 0.495 e. The molecule has 0 aliphatic heterocycles. The first-order valence-corrected chi connectivity index (χ1v) is 7.74. The molecular formula is C19H23NO3. The molecule has 0 aromatic heterocycles. The summed E-state index contributed by atoms with van der Waals surface area (Å²) in [6, 6.07) is 13.4. The van der Waals surface area contributed by atoms with E-state index in [-0.39, 0.29) is 5.91 Å². The van der Waals surface area contributed by atoms with Gasteiger partial charge in [-0.3, -0.25) is 4.79 Å². The minimum Gasteiger partial charge on any atom is -0.495 e. The number of hydrogen-bond donors (Lipinski definition) is 1. The van der Waals surface area contributed by atoms with Gasteiger partial charge in [-0.05, 0) is 55.7 Å². The Morgan fingerprint density at radius 1 is 1.17 bits per heavy atom. The van der Waals surface area contributed by atoms with Gasteiger partial charge in [-0.1, -0.05) is 25.1 Å². The van der Waals surface area contributed by atoms with Crippen LogP contribution in [0.2, 0.25) is 0 Å². The van der Waals surface area contributed by atoms with E-state index in [9.17, 15) is 4.79 Å². The van der Waals surface area contributed by atoms with E-state index in [1.165, 1.54) is 5.56 Å². The van der Waals surface area contributed by atoms with Crippen molar-refractivity contribution in [3.63, 3.8) is 0 Å². The van der Waals surface area contributed by atoms with E-state index in [2.05, 4.69) is 12.2 Å². The minimum atomic E-state index is -0.604. The second-order valence-electron chi connectivity index (χ2n) is 5.45. The van der Waals surface area contributed by atoms with Crippen LogP contribution in [0.25, 0.3) is 0 Å². The molecule has 23 heavy (non-hydrogen) atoms. The highest BCUT2D eigenvalue weighted by Gasteiger charge is 2.16. The lowest BCUT2D eigenvalue weighted by atomic mass is 10.2. The number of anilines is 1. The predicted octanol–water partition coefficient (Wildman–Crippen LogP) is 3.97. The molecule has 0 saturated heterocycles. The van der Waals surface area contributed by atoms with Crippen molar-refractivity contribution in [1.29, 1.82) is 0 Å². The summed E-state index contributed by atoms with van der Waals surface area (Å²) in [4.78, 5) is 12.3. The number of nitrogens with one attached hydrogen (secondary N) is 1. The van der Waals surface area contributed by atoms with E-state index >= 15 is 0 Å². The molecule has 0 fully saturated rings. The maximum absolute atomic E-state index is 12.3. The standard InChI is InChI=1S/C19H23NO3/c1-5-15-7-9-16(10-8-15)23-14(3)19(21)20-17-12-13(2)6-11-18(17)22-4/h6-12,14H,5H2,1-4H3,(H,20,21). The van der Waals surface area contributed by atoms with Crippen LogP contribution in [-0.2, 0) is 11.2 Å². The molecule has 0 spiro atoms. The summed E-state index contributed by atoms with van der Waals surface area (Å²) in [6.07, 6.45) is 0.372. The van der Waals surface area contributed by atoms with Crippen molar-refractivity contribution in [2.75, 3.05) is 12.4 Å². The van der Waals surface area contributed by atoms with Crippen molar-refractivity contribution < 1.29 is 14.3 Å². The van der Waals surface area contributed by atoms with Crippen LogP contribution in [0.5, 0.6) is 11.5 Å². The molecule has 4 nitrogen and oxygen atoms in total. The second-order valence-corrected chi connectivity index (χ2v) is 5.45. The Morgan fingerprint density at radius 3 is 2.48 bits per heavy atom. The minimum absolute atomic E-state index is 0.214. The Morgan fingerprint density at radius 2 is 1.87 bits per heavy atom. The van der Waals surface area contributed by atoms with Gasteiger partial charge in [0.2, 0.25) is 0 Å². The van der Waals surface area contributed by atoms with Gasteiger partial charge >= 0.3 is 0 Å². The number of amides is 1. The van der Waals surface area contributed by atoms with Crippen molar-refractivity contribution >= 4 is 11.6 Å². The monoisotopic (exact) mass is 313 g/mol. The van der Waals surface area contributed by atoms with E-state index < -0.39 is 6.10 Å². The summed E-state index contributed by atoms with van der Waals surface area (Å²) in [7, 11) is 1.58. The fraction of sp³-hybridized carbons (Fsp3) is 0.316. The van der Waals surface area contributed by atoms with Crippen molar-refractivity contribution in [3.8, 4) is 11.5 Å². The van der Waals surface area contributed by atoms with Gasteiger partial charge in [-0.25, -0.2) is 0 Å². The van der Waals surface area contributed by atoms with Crippen LogP contribution in [0.15, 0.2) is 42.5 Å². The summed E-state index contributed by atoms with van der Waals surface area (Å²) < 4.78 is 11.0. The van der Waals surface area contributed by atoms with E-state index in [1.54, 1.807) is 14.0 Å². The lowest BCUT2D eigenvalue weighted by Crippen LogP contribution is -2.30. The zero-order valence-corrected chi connectivity index (χ0v) is 14.1. The number of ether oxygens (including phenoxy) is 2. The quantitative estimate of drug-likeness (QED) is 0.877. The first-order chi connectivity index (χ1) is 11.0. The van der Waals surface area contributed by atoms with Crippen LogP contribution in [0, 0.1) is 6.92 Å². The molecule has 0 aliphatic carbocycles. The van der Waals surface area contributed by atoms with E-state index in [4.69, 9.17) is 9.47 Å². The van der Waals surface area contributed by atoms with E-state index in [1.807, 2.05) is 49.4 Å². The average molecular weight is 313 g/mol. The van der Waals surface area contributed by atoms with Crippen LogP contribution >= 0.6 is 0 Å². The highest BCUT2D eigenvalue weighted by molar-refractivity contribution is 5.95. The highest BCUT2D eigenvalue weighted by atomic mass is 16.5. The normalized spacial score (nSPS) is 11.7. The third kappa shape index (κ3) is 4.49. The van der Waals surface area contributed by atoms with Crippen molar-refractivity contribution in [2.24, 2.45) is 0 Å². The zero-order valence-electron chi connectivity index (χ0n) is 14.1. The number of hydrogen-bond acceptors (Lipinski definition) is 3. The predicted molar refractivity (Wildman–Crippen MR) is 92.3 cm³/mol. The number of carbonyl (C=O) groups is 1. The van der Waals surface area contributed by atoms with E-state index in [0.29, 0.717) is 17.2 Å². The number of methoxy groups -OCH3 is 1. The molecule has 0 bridgehead atoms.